The third-order valence-corrected chi connectivity index (χ3v) is 6.47. The summed E-state index contributed by atoms with van der Waals surface area (Å²) in [4.78, 5) is 20.2. The van der Waals surface area contributed by atoms with E-state index < -0.39 is 5.97 Å². The number of carbonyl (C=O) groups is 1. The van der Waals surface area contributed by atoms with Crippen LogP contribution in [0.15, 0.2) is 65.8 Å². The fourth-order valence-electron chi connectivity index (χ4n) is 3.88. The van der Waals surface area contributed by atoms with Gasteiger partial charge in [0.25, 0.3) is 0 Å². The molecule has 31 heavy (non-hydrogen) atoms. The van der Waals surface area contributed by atoms with E-state index in [1.807, 2.05) is 36.4 Å². The molecule has 1 unspecified atom stereocenters. The molecule has 2 N–H and O–H groups in total. The Kier molecular flexibility index (Phi) is 4.95. The topological polar surface area (TPSA) is 87.5 Å². The fraction of sp³-hybridized carbons (Fsp3) is 0.167. The second-order valence-electron chi connectivity index (χ2n) is 7.62. The Labute approximate surface area is 183 Å². The Morgan fingerprint density at radius 1 is 1.13 bits per heavy atom. The highest BCUT2D eigenvalue weighted by Gasteiger charge is 2.23. The maximum Gasteiger partial charge on any atom is 0.354 e. The van der Waals surface area contributed by atoms with Crippen LogP contribution in [0.2, 0.25) is 0 Å². The first kappa shape index (κ1) is 19.4. The molecule has 4 aromatic rings. The minimum absolute atomic E-state index is 0.0370. The summed E-state index contributed by atoms with van der Waals surface area (Å²) < 4.78 is 1.12. The number of aromatic carboxylic acids is 1. The van der Waals surface area contributed by atoms with Crippen molar-refractivity contribution in [3.63, 3.8) is 0 Å². The van der Waals surface area contributed by atoms with E-state index in [0.717, 1.165) is 45.0 Å². The zero-order chi connectivity index (χ0) is 21.4. The lowest BCUT2D eigenvalue weighted by Gasteiger charge is -2.24. The van der Waals surface area contributed by atoms with Gasteiger partial charge < -0.3 is 5.11 Å². The molecule has 0 saturated heterocycles. The highest BCUT2D eigenvalue weighted by atomic mass is 32.1. The molecule has 2 aromatic carbocycles. The third-order valence-electron chi connectivity index (χ3n) is 5.53. The number of anilines is 1. The van der Waals surface area contributed by atoms with Gasteiger partial charge in [-0.05, 0) is 48.7 Å². The Morgan fingerprint density at radius 3 is 2.84 bits per heavy atom. The number of aryl methyl sites for hydroxylation is 1. The number of hydrazone groups is 1. The lowest BCUT2D eigenvalue weighted by atomic mass is 9.82. The monoisotopic (exact) mass is 428 g/mol. The van der Waals surface area contributed by atoms with Gasteiger partial charge in [-0.2, -0.15) is 5.10 Å². The number of para-hydroxylation sites is 1. The SMILES string of the molecule is CC1CCc2ccc(-c3cccc(C(=O)O)n3)cc2C1=NNc1nc2ccccc2s1. The van der Waals surface area contributed by atoms with E-state index in [2.05, 4.69) is 34.5 Å². The molecule has 5 rings (SSSR count). The minimum Gasteiger partial charge on any atom is -0.477 e. The minimum atomic E-state index is -1.03. The van der Waals surface area contributed by atoms with Crippen molar-refractivity contribution in [1.82, 2.24) is 9.97 Å². The molecule has 0 saturated carbocycles. The number of nitrogens with zero attached hydrogens (tertiary/aromatic N) is 3. The predicted octanol–water partition coefficient (Wildman–Crippen LogP) is 5.46. The van der Waals surface area contributed by atoms with E-state index in [4.69, 9.17) is 5.10 Å². The van der Waals surface area contributed by atoms with Crippen molar-refractivity contribution in [3.05, 3.63) is 77.5 Å². The molecular formula is C24H20N4O2S. The number of carboxylic acid groups (broad SMARTS) is 1. The van der Waals surface area contributed by atoms with E-state index in [1.165, 1.54) is 11.6 Å². The van der Waals surface area contributed by atoms with Crippen LogP contribution in [0.4, 0.5) is 5.13 Å². The molecule has 0 aliphatic heterocycles. The number of fused-ring (bicyclic) bond motifs is 2. The van der Waals surface area contributed by atoms with Gasteiger partial charge in [-0.1, -0.05) is 48.6 Å². The van der Waals surface area contributed by atoms with Crippen molar-refractivity contribution < 1.29 is 9.90 Å². The number of benzene rings is 2. The number of aromatic nitrogens is 2. The van der Waals surface area contributed by atoms with E-state index in [1.54, 1.807) is 17.4 Å². The summed E-state index contributed by atoms with van der Waals surface area (Å²) in [5, 5.41) is 14.8. The van der Waals surface area contributed by atoms with Crippen LogP contribution in [-0.2, 0) is 6.42 Å². The predicted molar refractivity (Wildman–Crippen MR) is 124 cm³/mol. The van der Waals surface area contributed by atoms with E-state index in [-0.39, 0.29) is 5.69 Å². The number of pyridine rings is 1. The summed E-state index contributed by atoms with van der Waals surface area (Å²) in [7, 11) is 0. The highest BCUT2D eigenvalue weighted by Crippen LogP contribution is 2.31. The Morgan fingerprint density at radius 2 is 2.00 bits per heavy atom. The number of thiazole rings is 1. The standard InChI is InChI=1S/C24H20N4O2S/c1-14-9-10-15-11-12-16(18-6-4-7-20(25-18)23(29)30)13-17(15)22(14)27-28-24-26-19-5-2-3-8-21(19)31-24/h2-8,11-14H,9-10H2,1H3,(H,26,28)(H,29,30). The summed E-state index contributed by atoms with van der Waals surface area (Å²) >= 11 is 1.58. The second kappa shape index (κ2) is 7.92. The van der Waals surface area contributed by atoms with Crippen molar-refractivity contribution >= 4 is 38.4 Å². The summed E-state index contributed by atoms with van der Waals surface area (Å²) in [6, 6.07) is 19.2. The zero-order valence-electron chi connectivity index (χ0n) is 16.9. The van der Waals surface area contributed by atoms with Crippen molar-refractivity contribution in [2.45, 2.75) is 19.8 Å². The van der Waals surface area contributed by atoms with Crippen LogP contribution in [0.3, 0.4) is 0 Å². The maximum atomic E-state index is 11.3. The van der Waals surface area contributed by atoms with Gasteiger partial charge in [0.15, 0.2) is 0 Å². The van der Waals surface area contributed by atoms with Crippen molar-refractivity contribution in [2.24, 2.45) is 11.0 Å². The van der Waals surface area contributed by atoms with Crippen molar-refractivity contribution in [1.29, 1.82) is 0 Å². The first-order valence-corrected chi connectivity index (χ1v) is 10.9. The number of hydrogen-bond donors (Lipinski definition) is 2. The summed E-state index contributed by atoms with van der Waals surface area (Å²) in [6.45, 7) is 2.18. The van der Waals surface area contributed by atoms with Gasteiger partial charge in [-0.25, -0.2) is 14.8 Å². The fourth-order valence-corrected chi connectivity index (χ4v) is 4.69. The zero-order valence-corrected chi connectivity index (χ0v) is 17.7. The van der Waals surface area contributed by atoms with Crippen molar-refractivity contribution in [3.8, 4) is 11.3 Å². The molecule has 0 radical (unpaired) electrons. The maximum absolute atomic E-state index is 11.3. The van der Waals surface area contributed by atoms with Crippen LogP contribution < -0.4 is 5.43 Å². The van der Waals surface area contributed by atoms with Crippen LogP contribution in [-0.4, -0.2) is 26.8 Å². The van der Waals surface area contributed by atoms with Gasteiger partial charge in [0.2, 0.25) is 5.13 Å². The normalized spacial score (nSPS) is 16.9. The van der Waals surface area contributed by atoms with Gasteiger partial charge in [0, 0.05) is 17.0 Å². The first-order valence-electron chi connectivity index (χ1n) is 10.1. The molecular weight excluding hydrogens is 408 g/mol. The molecule has 2 heterocycles. The third kappa shape index (κ3) is 3.80. The van der Waals surface area contributed by atoms with Crippen LogP contribution in [0, 0.1) is 5.92 Å². The smallest absolute Gasteiger partial charge is 0.354 e. The average molecular weight is 429 g/mol. The van der Waals surface area contributed by atoms with Crippen LogP contribution in [0.1, 0.15) is 35.0 Å². The summed E-state index contributed by atoms with van der Waals surface area (Å²) in [5.74, 6) is -0.737. The molecule has 6 nitrogen and oxygen atoms in total. The Balaban J connectivity index is 1.51. The Hall–Kier alpha value is -3.58. The molecule has 0 bridgehead atoms. The summed E-state index contributed by atoms with van der Waals surface area (Å²) in [5.41, 5.74) is 8.97. The van der Waals surface area contributed by atoms with E-state index in [9.17, 15) is 9.90 Å². The quantitative estimate of drug-likeness (QED) is 0.422. The number of nitrogens with one attached hydrogen (secondary N) is 1. The molecule has 1 aliphatic carbocycles. The molecule has 1 aliphatic rings. The molecule has 154 valence electrons. The molecule has 7 heteroatoms. The van der Waals surface area contributed by atoms with Crippen LogP contribution >= 0.6 is 11.3 Å². The largest absolute Gasteiger partial charge is 0.477 e. The van der Waals surface area contributed by atoms with E-state index in [0.29, 0.717) is 11.6 Å². The first-order chi connectivity index (χ1) is 15.1. The van der Waals surface area contributed by atoms with Gasteiger partial charge in [-0.3, -0.25) is 5.43 Å². The second-order valence-corrected chi connectivity index (χ2v) is 8.65. The van der Waals surface area contributed by atoms with Crippen LogP contribution in [0.5, 0.6) is 0 Å². The van der Waals surface area contributed by atoms with Gasteiger partial charge in [0.1, 0.15) is 5.69 Å². The van der Waals surface area contributed by atoms with E-state index >= 15 is 0 Å². The molecule has 0 fully saturated rings. The van der Waals surface area contributed by atoms with Gasteiger partial charge in [-0.15, -0.1) is 0 Å². The Bertz CT molecular complexity index is 1300. The molecule has 0 amide bonds. The summed E-state index contributed by atoms with van der Waals surface area (Å²) in [6.07, 6.45) is 2.01. The number of rotatable bonds is 4. The lowest BCUT2D eigenvalue weighted by molar-refractivity contribution is 0.0690. The molecule has 1 atom stereocenters. The molecule has 2 aromatic heterocycles. The number of hydrogen-bond acceptors (Lipinski definition) is 6. The van der Waals surface area contributed by atoms with Crippen LogP contribution in [0.25, 0.3) is 21.5 Å². The van der Waals surface area contributed by atoms with Gasteiger partial charge in [0.05, 0.1) is 21.6 Å². The lowest BCUT2D eigenvalue weighted by Crippen LogP contribution is -2.22. The van der Waals surface area contributed by atoms with Crippen molar-refractivity contribution in [2.75, 3.05) is 5.43 Å². The average Bonchev–Trinajstić information content (AvgIpc) is 3.21. The highest BCUT2D eigenvalue weighted by molar-refractivity contribution is 7.22. The molecule has 0 spiro atoms. The number of carboxylic acids is 1. The van der Waals surface area contributed by atoms with Gasteiger partial charge >= 0.3 is 5.97 Å².